The summed E-state index contributed by atoms with van der Waals surface area (Å²) in [7, 11) is 0. The summed E-state index contributed by atoms with van der Waals surface area (Å²) in [5.74, 6) is -0.798. The molecule has 0 amide bonds. The van der Waals surface area contributed by atoms with Crippen molar-refractivity contribution in [3.05, 3.63) is 70.8 Å². The minimum atomic E-state index is -0.505. The molecular weight excluding hydrogens is 360 g/mol. The van der Waals surface area contributed by atoms with Crippen LogP contribution in [0.1, 0.15) is 75.6 Å². The van der Waals surface area contributed by atoms with E-state index in [-0.39, 0.29) is 0 Å². The van der Waals surface area contributed by atoms with Gasteiger partial charge in [0.1, 0.15) is 0 Å². The fourth-order valence-electron chi connectivity index (χ4n) is 3.38. The molecule has 0 aliphatic carbocycles. The van der Waals surface area contributed by atoms with Crippen molar-refractivity contribution in [2.45, 2.75) is 66.2 Å². The lowest BCUT2D eigenvalue weighted by Crippen LogP contribution is -2.21. The Morgan fingerprint density at radius 1 is 0.621 bits per heavy atom. The number of hydrogen-bond donors (Lipinski definition) is 0. The Labute approximate surface area is 175 Å². The van der Waals surface area contributed by atoms with E-state index in [0.717, 1.165) is 24.0 Å². The largest absolute Gasteiger partial charge is 0.392 e. The van der Waals surface area contributed by atoms with Crippen molar-refractivity contribution in [3.63, 3.8) is 0 Å². The van der Waals surface area contributed by atoms with Gasteiger partial charge in [-0.25, -0.2) is 0 Å². The van der Waals surface area contributed by atoms with E-state index in [1.807, 2.05) is 48.5 Å². The van der Waals surface area contributed by atoms with Gasteiger partial charge in [0.25, 0.3) is 0 Å². The van der Waals surface area contributed by atoms with Crippen LogP contribution in [-0.2, 0) is 27.2 Å². The van der Waals surface area contributed by atoms with Crippen molar-refractivity contribution in [3.8, 4) is 0 Å². The summed E-state index contributed by atoms with van der Waals surface area (Å²) in [5.41, 5.74) is 4.21. The van der Waals surface area contributed by atoms with E-state index in [1.54, 1.807) is 13.8 Å². The van der Waals surface area contributed by atoms with Crippen molar-refractivity contribution in [2.75, 3.05) is 0 Å². The van der Waals surface area contributed by atoms with Crippen LogP contribution in [0, 0.1) is 11.8 Å². The van der Waals surface area contributed by atoms with E-state index >= 15 is 0 Å². The van der Waals surface area contributed by atoms with Crippen LogP contribution in [0.15, 0.2) is 48.5 Å². The average molecular weight is 395 g/mol. The summed E-state index contributed by atoms with van der Waals surface area (Å²) in [4.78, 5) is 25.0. The molecule has 3 nitrogen and oxygen atoms in total. The predicted octanol–water partition coefficient (Wildman–Crippen LogP) is 6.06. The maximum atomic E-state index is 12.5. The average Bonchev–Trinajstić information content (AvgIpc) is 2.67. The van der Waals surface area contributed by atoms with Gasteiger partial charge in [-0.3, -0.25) is 9.59 Å². The standard InChI is InChI=1S/C26H34O3/c1-17(2)15-21-7-11-23(12-8-21)19(5)25(27)29-26(28)20(6)24-13-9-22(10-14-24)16-18(3)4/h7-14,17-20H,15-16H2,1-6H3/t19-,20+. The molecule has 2 aromatic rings. The summed E-state index contributed by atoms with van der Waals surface area (Å²) in [5, 5.41) is 0. The normalized spacial score (nSPS) is 13.4. The molecule has 0 N–H and O–H groups in total. The summed E-state index contributed by atoms with van der Waals surface area (Å²) in [6.45, 7) is 12.3. The Morgan fingerprint density at radius 3 is 1.21 bits per heavy atom. The number of benzene rings is 2. The van der Waals surface area contributed by atoms with Gasteiger partial charge in [-0.15, -0.1) is 0 Å². The quantitative estimate of drug-likeness (QED) is 0.404. The fraction of sp³-hybridized carbons (Fsp3) is 0.462. The smallest absolute Gasteiger partial charge is 0.320 e. The van der Waals surface area contributed by atoms with Crippen molar-refractivity contribution in [1.82, 2.24) is 0 Å². The van der Waals surface area contributed by atoms with Crippen LogP contribution in [0.5, 0.6) is 0 Å². The first kappa shape index (κ1) is 22.9. The molecule has 0 heterocycles. The molecular formula is C26H34O3. The third kappa shape index (κ3) is 6.85. The van der Waals surface area contributed by atoms with Crippen LogP contribution in [0.25, 0.3) is 0 Å². The zero-order valence-electron chi connectivity index (χ0n) is 18.6. The lowest BCUT2D eigenvalue weighted by molar-refractivity contribution is -0.161. The Morgan fingerprint density at radius 2 is 0.931 bits per heavy atom. The van der Waals surface area contributed by atoms with Gasteiger partial charge in [-0.2, -0.15) is 0 Å². The highest BCUT2D eigenvalue weighted by Crippen LogP contribution is 2.22. The molecule has 29 heavy (non-hydrogen) atoms. The fourth-order valence-corrected chi connectivity index (χ4v) is 3.38. The molecule has 0 aromatic heterocycles. The van der Waals surface area contributed by atoms with E-state index in [9.17, 15) is 9.59 Å². The molecule has 2 atom stereocenters. The molecule has 0 spiro atoms. The highest BCUT2D eigenvalue weighted by Gasteiger charge is 2.24. The first-order valence-corrected chi connectivity index (χ1v) is 10.6. The monoisotopic (exact) mass is 394 g/mol. The summed E-state index contributed by atoms with van der Waals surface area (Å²) >= 11 is 0. The van der Waals surface area contributed by atoms with Crippen LogP contribution in [0.4, 0.5) is 0 Å². The summed E-state index contributed by atoms with van der Waals surface area (Å²) < 4.78 is 5.19. The Bertz CT molecular complexity index is 731. The maximum Gasteiger partial charge on any atom is 0.320 e. The molecule has 0 saturated carbocycles. The van der Waals surface area contributed by atoms with Crippen molar-refractivity contribution >= 4 is 11.9 Å². The number of esters is 2. The lowest BCUT2D eigenvalue weighted by Gasteiger charge is -2.15. The zero-order chi connectivity index (χ0) is 21.6. The van der Waals surface area contributed by atoms with Crippen molar-refractivity contribution < 1.29 is 14.3 Å². The third-order valence-electron chi connectivity index (χ3n) is 5.16. The first-order valence-electron chi connectivity index (χ1n) is 10.6. The van der Waals surface area contributed by atoms with Crippen molar-refractivity contribution in [2.24, 2.45) is 11.8 Å². The summed E-state index contributed by atoms with van der Waals surface area (Å²) in [6.07, 6.45) is 2.01. The highest BCUT2D eigenvalue weighted by atomic mass is 16.6. The Hall–Kier alpha value is -2.42. The van der Waals surface area contributed by atoms with Crippen LogP contribution < -0.4 is 0 Å². The first-order chi connectivity index (χ1) is 13.7. The predicted molar refractivity (Wildman–Crippen MR) is 118 cm³/mol. The van der Waals surface area contributed by atoms with Crippen LogP contribution in [0.3, 0.4) is 0 Å². The molecule has 3 heteroatoms. The molecule has 2 rings (SSSR count). The van der Waals surface area contributed by atoms with E-state index in [0.29, 0.717) is 11.8 Å². The topological polar surface area (TPSA) is 43.4 Å². The molecule has 0 bridgehead atoms. The second kappa shape index (κ2) is 10.4. The SMILES string of the molecule is CC(C)Cc1ccc([C@H](C)C(=O)OC(=O)[C@H](C)c2ccc(CC(C)C)cc2)cc1. The van der Waals surface area contributed by atoms with Gasteiger partial charge in [-0.05, 0) is 60.8 Å². The molecule has 0 fully saturated rings. The number of carbonyl (C=O) groups excluding carboxylic acids is 2. The minimum absolute atomic E-state index is 0.479. The molecule has 0 unspecified atom stereocenters. The zero-order valence-corrected chi connectivity index (χ0v) is 18.6. The van der Waals surface area contributed by atoms with Crippen LogP contribution >= 0.6 is 0 Å². The van der Waals surface area contributed by atoms with Crippen molar-refractivity contribution in [1.29, 1.82) is 0 Å². The van der Waals surface area contributed by atoms with E-state index in [1.165, 1.54) is 11.1 Å². The van der Waals surface area contributed by atoms with Gasteiger partial charge >= 0.3 is 11.9 Å². The van der Waals surface area contributed by atoms with E-state index < -0.39 is 23.8 Å². The van der Waals surface area contributed by atoms with E-state index in [4.69, 9.17) is 4.74 Å². The van der Waals surface area contributed by atoms with Gasteiger partial charge in [0, 0.05) is 0 Å². The molecule has 156 valence electrons. The van der Waals surface area contributed by atoms with Crippen LogP contribution in [-0.4, -0.2) is 11.9 Å². The number of rotatable bonds is 8. The Kier molecular flexibility index (Phi) is 8.19. The molecule has 0 saturated heterocycles. The van der Waals surface area contributed by atoms with Gasteiger partial charge in [0.2, 0.25) is 0 Å². The number of carbonyl (C=O) groups is 2. The number of ether oxygens (including phenoxy) is 1. The van der Waals surface area contributed by atoms with Gasteiger partial charge in [0.15, 0.2) is 0 Å². The molecule has 0 aliphatic heterocycles. The summed E-state index contributed by atoms with van der Waals surface area (Å²) in [6, 6.07) is 16.0. The van der Waals surface area contributed by atoms with Gasteiger partial charge < -0.3 is 4.74 Å². The molecule has 2 aromatic carbocycles. The minimum Gasteiger partial charge on any atom is -0.392 e. The highest BCUT2D eigenvalue weighted by molar-refractivity contribution is 5.92. The molecule has 0 radical (unpaired) electrons. The van der Waals surface area contributed by atoms with Gasteiger partial charge in [-0.1, -0.05) is 76.2 Å². The second-order valence-electron chi connectivity index (χ2n) is 8.86. The third-order valence-corrected chi connectivity index (χ3v) is 5.16. The van der Waals surface area contributed by atoms with E-state index in [2.05, 4.69) is 27.7 Å². The lowest BCUT2D eigenvalue weighted by atomic mass is 9.96. The van der Waals surface area contributed by atoms with Gasteiger partial charge in [0.05, 0.1) is 11.8 Å². The number of hydrogen-bond acceptors (Lipinski definition) is 3. The van der Waals surface area contributed by atoms with Crippen LogP contribution in [0.2, 0.25) is 0 Å². The maximum absolute atomic E-state index is 12.5. The molecule has 0 aliphatic rings. The second-order valence-corrected chi connectivity index (χ2v) is 8.86. The Balaban J connectivity index is 1.97.